The number of halogens is 1. The second-order valence-electron chi connectivity index (χ2n) is 6.94. The molecule has 11 heteroatoms. The number of imide groups is 1. The third-order valence-electron chi connectivity index (χ3n) is 4.54. The van der Waals surface area contributed by atoms with E-state index in [1.165, 1.54) is 32.2 Å². The second kappa shape index (κ2) is 10.0. The lowest BCUT2D eigenvalue weighted by molar-refractivity contribution is -0.144. The molecule has 3 rings (SSSR count). The van der Waals surface area contributed by atoms with Crippen molar-refractivity contribution in [3.63, 3.8) is 0 Å². The number of amides is 4. The molecule has 1 aliphatic heterocycles. The average molecular weight is 474 g/mol. The molecule has 0 spiro atoms. The van der Waals surface area contributed by atoms with Crippen molar-refractivity contribution in [3.8, 4) is 11.5 Å². The number of aliphatic carboxylic acids is 1. The first-order valence-corrected chi connectivity index (χ1v) is 10.0. The van der Waals surface area contributed by atoms with Crippen LogP contribution in [-0.2, 0) is 14.4 Å². The molecule has 2 aromatic rings. The van der Waals surface area contributed by atoms with Crippen LogP contribution >= 0.6 is 11.6 Å². The van der Waals surface area contributed by atoms with Gasteiger partial charge < -0.3 is 25.2 Å². The largest absolute Gasteiger partial charge is 0.493 e. The summed E-state index contributed by atoms with van der Waals surface area (Å²) in [6.07, 6.45) is 0.316. The van der Waals surface area contributed by atoms with E-state index in [4.69, 9.17) is 26.2 Å². The van der Waals surface area contributed by atoms with E-state index in [0.717, 1.165) is 4.90 Å². The minimum absolute atomic E-state index is 0.0334. The highest BCUT2D eigenvalue weighted by Gasteiger charge is 2.35. The molecule has 1 unspecified atom stereocenters. The normalized spacial score (nSPS) is 15.2. The van der Waals surface area contributed by atoms with Gasteiger partial charge in [0.2, 0.25) is 5.91 Å². The zero-order chi connectivity index (χ0) is 24.1. The minimum atomic E-state index is -1.14. The zero-order valence-electron chi connectivity index (χ0n) is 17.6. The maximum Gasteiger partial charge on any atom is 0.344 e. The SMILES string of the molecule is COc1cc(/C=C2\NC(=O)N(CC(=O)Nc3ccc(Cl)cc3)C2=O)ccc1OC(C)C(=O)O. The maximum atomic E-state index is 12.7. The molecule has 1 saturated heterocycles. The van der Waals surface area contributed by atoms with Gasteiger partial charge in [-0.1, -0.05) is 17.7 Å². The van der Waals surface area contributed by atoms with Crippen LogP contribution in [0.3, 0.4) is 0 Å². The Labute approximate surface area is 193 Å². The molecule has 33 heavy (non-hydrogen) atoms. The Balaban J connectivity index is 1.71. The van der Waals surface area contributed by atoms with E-state index in [1.54, 1.807) is 30.3 Å². The van der Waals surface area contributed by atoms with Gasteiger partial charge in [0.1, 0.15) is 12.2 Å². The number of carbonyl (C=O) groups is 4. The lowest BCUT2D eigenvalue weighted by atomic mass is 10.1. The van der Waals surface area contributed by atoms with Crippen LogP contribution in [0, 0.1) is 0 Å². The summed E-state index contributed by atoms with van der Waals surface area (Å²) in [6.45, 7) is 0.899. The smallest absolute Gasteiger partial charge is 0.344 e. The number of nitrogens with zero attached hydrogens (tertiary/aromatic N) is 1. The van der Waals surface area contributed by atoms with E-state index in [2.05, 4.69) is 10.6 Å². The fourth-order valence-electron chi connectivity index (χ4n) is 2.87. The number of carboxylic acid groups (broad SMARTS) is 1. The maximum absolute atomic E-state index is 12.7. The topological polar surface area (TPSA) is 134 Å². The number of nitrogens with one attached hydrogen (secondary N) is 2. The quantitative estimate of drug-likeness (QED) is 0.396. The number of methoxy groups -OCH3 is 1. The Kier molecular flexibility index (Phi) is 7.19. The molecule has 0 aromatic heterocycles. The zero-order valence-corrected chi connectivity index (χ0v) is 18.4. The summed E-state index contributed by atoms with van der Waals surface area (Å²) in [4.78, 5) is 48.9. The Morgan fingerprint density at radius 3 is 2.52 bits per heavy atom. The lowest BCUT2D eigenvalue weighted by Gasteiger charge is -2.14. The summed E-state index contributed by atoms with van der Waals surface area (Å²) < 4.78 is 10.6. The fraction of sp³-hybridized carbons (Fsp3) is 0.182. The van der Waals surface area contributed by atoms with Gasteiger partial charge in [0, 0.05) is 10.7 Å². The van der Waals surface area contributed by atoms with Gasteiger partial charge in [0.05, 0.1) is 7.11 Å². The summed E-state index contributed by atoms with van der Waals surface area (Å²) >= 11 is 5.81. The monoisotopic (exact) mass is 473 g/mol. The van der Waals surface area contributed by atoms with E-state index in [1.807, 2.05) is 0 Å². The van der Waals surface area contributed by atoms with Crippen LogP contribution < -0.4 is 20.1 Å². The minimum Gasteiger partial charge on any atom is -0.493 e. The molecule has 1 fully saturated rings. The molecular formula is C22H20ClN3O7. The van der Waals surface area contributed by atoms with Crippen molar-refractivity contribution in [2.24, 2.45) is 0 Å². The molecule has 4 amide bonds. The van der Waals surface area contributed by atoms with E-state index in [9.17, 15) is 19.2 Å². The van der Waals surface area contributed by atoms with Crippen LogP contribution in [0.5, 0.6) is 11.5 Å². The van der Waals surface area contributed by atoms with E-state index < -0.39 is 36.5 Å². The fourth-order valence-corrected chi connectivity index (χ4v) is 3.00. The highest BCUT2D eigenvalue weighted by Crippen LogP contribution is 2.30. The standard InChI is InChI=1S/C22H20ClN3O7/c1-12(21(29)30)33-17-8-3-13(10-18(17)32-2)9-16-20(28)26(22(31)25-16)11-19(27)24-15-6-4-14(23)5-7-15/h3-10,12H,11H2,1-2H3,(H,24,27)(H,25,31)(H,29,30)/b16-9-. The molecule has 0 radical (unpaired) electrons. The van der Waals surface area contributed by atoms with Crippen molar-refractivity contribution >= 4 is 47.2 Å². The van der Waals surface area contributed by atoms with Gasteiger partial charge in [-0.2, -0.15) is 0 Å². The Morgan fingerprint density at radius 1 is 1.18 bits per heavy atom. The van der Waals surface area contributed by atoms with Gasteiger partial charge in [0.25, 0.3) is 5.91 Å². The van der Waals surface area contributed by atoms with Crippen molar-refractivity contribution in [1.82, 2.24) is 10.2 Å². The highest BCUT2D eigenvalue weighted by atomic mass is 35.5. The average Bonchev–Trinajstić information content (AvgIpc) is 3.03. The summed E-state index contributed by atoms with van der Waals surface area (Å²) in [5.41, 5.74) is 0.922. The number of carboxylic acids is 1. The van der Waals surface area contributed by atoms with Crippen LogP contribution in [-0.4, -0.2) is 53.6 Å². The van der Waals surface area contributed by atoms with Crippen molar-refractivity contribution in [3.05, 3.63) is 58.7 Å². The molecular weight excluding hydrogens is 454 g/mol. The molecule has 2 aromatic carbocycles. The molecule has 0 bridgehead atoms. The second-order valence-corrected chi connectivity index (χ2v) is 7.38. The van der Waals surface area contributed by atoms with Gasteiger partial charge in [-0.3, -0.25) is 9.59 Å². The van der Waals surface area contributed by atoms with E-state index >= 15 is 0 Å². The van der Waals surface area contributed by atoms with Crippen LogP contribution in [0.2, 0.25) is 5.02 Å². The van der Waals surface area contributed by atoms with Crippen molar-refractivity contribution in [2.45, 2.75) is 13.0 Å². The Hall–Kier alpha value is -4.05. The van der Waals surface area contributed by atoms with E-state index in [0.29, 0.717) is 16.3 Å². The predicted molar refractivity (Wildman–Crippen MR) is 119 cm³/mol. The van der Waals surface area contributed by atoms with Crippen molar-refractivity contribution in [1.29, 1.82) is 0 Å². The Bertz CT molecular complexity index is 1130. The number of urea groups is 1. The molecule has 3 N–H and O–H groups in total. The molecule has 172 valence electrons. The number of benzene rings is 2. The van der Waals surface area contributed by atoms with Gasteiger partial charge in [-0.05, 0) is 55.0 Å². The summed E-state index contributed by atoms with van der Waals surface area (Å²) in [5, 5.41) is 14.5. The van der Waals surface area contributed by atoms with Crippen LogP contribution in [0.4, 0.5) is 10.5 Å². The number of rotatable bonds is 8. The van der Waals surface area contributed by atoms with Crippen molar-refractivity contribution in [2.75, 3.05) is 19.0 Å². The van der Waals surface area contributed by atoms with Gasteiger partial charge >= 0.3 is 12.0 Å². The predicted octanol–water partition coefficient (Wildman–Crippen LogP) is 2.73. The lowest BCUT2D eigenvalue weighted by Crippen LogP contribution is -2.38. The van der Waals surface area contributed by atoms with Crippen LogP contribution in [0.15, 0.2) is 48.2 Å². The summed E-state index contributed by atoms with van der Waals surface area (Å²) in [6, 6.07) is 10.2. The van der Waals surface area contributed by atoms with Gasteiger partial charge in [0.15, 0.2) is 17.6 Å². The number of hydrogen-bond acceptors (Lipinski definition) is 6. The molecule has 1 aliphatic rings. The number of carbonyl (C=O) groups excluding carboxylic acids is 3. The third kappa shape index (κ3) is 5.80. The summed E-state index contributed by atoms with van der Waals surface area (Å²) in [5.74, 6) is -1.92. The number of hydrogen-bond donors (Lipinski definition) is 3. The molecule has 0 aliphatic carbocycles. The molecule has 10 nitrogen and oxygen atoms in total. The van der Waals surface area contributed by atoms with Crippen LogP contribution in [0.1, 0.15) is 12.5 Å². The van der Waals surface area contributed by atoms with Crippen LogP contribution in [0.25, 0.3) is 6.08 Å². The number of ether oxygens (including phenoxy) is 2. The Morgan fingerprint density at radius 2 is 1.88 bits per heavy atom. The highest BCUT2D eigenvalue weighted by molar-refractivity contribution is 6.30. The number of anilines is 1. The first kappa shape index (κ1) is 23.6. The molecule has 1 atom stereocenters. The third-order valence-corrected chi connectivity index (χ3v) is 4.79. The van der Waals surface area contributed by atoms with Crippen molar-refractivity contribution < 1.29 is 33.8 Å². The summed E-state index contributed by atoms with van der Waals surface area (Å²) in [7, 11) is 1.38. The molecule has 0 saturated carbocycles. The van der Waals surface area contributed by atoms with Gasteiger partial charge in [-0.25, -0.2) is 14.5 Å². The first-order valence-electron chi connectivity index (χ1n) is 9.65. The first-order chi connectivity index (χ1) is 15.7. The van der Waals surface area contributed by atoms with E-state index in [-0.39, 0.29) is 17.2 Å². The molecule has 1 heterocycles. The van der Waals surface area contributed by atoms with Gasteiger partial charge in [-0.15, -0.1) is 0 Å².